The van der Waals surface area contributed by atoms with Gasteiger partial charge in [0.05, 0.1) is 11.3 Å². The monoisotopic (exact) mass is 252 g/mol. The molecule has 88 valence electrons. The lowest BCUT2D eigenvalue weighted by molar-refractivity contribution is 0.0696. The Morgan fingerprint density at radius 2 is 2.24 bits per heavy atom. The van der Waals surface area contributed by atoms with Crippen LogP contribution in [0.4, 0.5) is 4.39 Å². The molecular weight excluding hydrogens is 243 g/mol. The fourth-order valence-corrected chi connectivity index (χ4v) is 2.11. The lowest BCUT2D eigenvalue weighted by Crippen LogP contribution is -1.91. The van der Waals surface area contributed by atoms with E-state index in [-0.39, 0.29) is 11.4 Å². The Morgan fingerprint density at radius 3 is 2.88 bits per heavy atom. The second kappa shape index (κ2) is 5.05. The number of carbonyl (C=O) groups is 1. The van der Waals surface area contributed by atoms with Crippen molar-refractivity contribution in [2.45, 2.75) is 10.6 Å². The van der Waals surface area contributed by atoms with Crippen LogP contribution in [-0.2, 0) is 5.75 Å². The Balaban J connectivity index is 2.00. The lowest BCUT2D eigenvalue weighted by Gasteiger charge is -1.98. The van der Waals surface area contributed by atoms with E-state index in [0.717, 1.165) is 4.90 Å². The zero-order valence-corrected chi connectivity index (χ0v) is 9.54. The van der Waals surface area contributed by atoms with Crippen molar-refractivity contribution in [1.29, 1.82) is 0 Å². The lowest BCUT2D eigenvalue weighted by atomic mass is 10.3. The van der Waals surface area contributed by atoms with Crippen molar-refractivity contribution in [2.75, 3.05) is 0 Å². The molecule has 3 nitrogen and oxygen atoms in total. The van der Waals surface area contributed by atoms with Gasteiger partial charge in [0.25, 0.3) is 0 Å². The first-order chi connectivity index (χ1) is 8.15. The number of aromatic carboxylic acids is 1. The highest BCUT2D eigenvalue weighted by atomic mass is 32.2. The van der Waals surface area contributed by atoms with E-state index in [9.17, 15) is 9.18 Å². The van der Waals surface area contributed by atoms with Crippen LogP contribution in [0, 0.1) is 5.82 Å². The first kappa shape index (κ1) is 11.7. The maximum Gasteiger partial charge on any atom is 0.338 e. The highest BCUT2D eigenvalue weighted by Gasteiger charge is 2.08. The molecule has 2 aromatic rings. The van der Waals surface area contributed by atoms with Crippen molar-refractivity contribution in [2.24, 2.45) is 0 Å². The van der Waals surface area contributed by atoms with Gasteiger partial charge in [-0.25, -0.2) is 9.18 Å². The van der Waals surface area contributed by atoms with Gasteiger partial charge < -0.3 is 9.52 Å². The number of hydrogen-bond acceptors (Lipinski definition) is 3. The van der Waals surface area contributed by atoms with E-state index in [1.54, 1.807) is 12.1 Å². The van der Waals surface area contributed by atoms with Crippen molar-refractivity contribution in [3.05, 3.63) is 53.7 Å². The molecule has 1 aromatic carbocycles. The minimum Gasteiger partial charge on any atom is -0.478 e. The molecule has 0 radical (unpaired) electrons. The molecule has 0 spiro atoms. The van der Waals surface area contributed by atoms with Crippen LogP contribution in [-0.4, -0.2) is 11.1 Å². The van der Waals surface area contributed by atoms with Crippen LogP contribution in [0.3, 0.4) is 0 Å². The molecule has 1 N–H and O–H groups in total. The Bertz CT molecular complexity index is 536. The van der Waals surface area contributed by atoms with E-state index >= 15 is 0 Å². The van der Waals surface area contributed by atoms with E-state index in [2.05, 4.69) is 0 Å². The Kier molecular flexibility index (Phi) is 3.49. The summed E-state index contributed by atoms with van der Waals surface area (Å²) in [5.41, 5.74) is 0.125. The predicted octanol–water partition coefficient (Wildman–Crippen LogP) is 3.41. The van der Waals surface area contributed by atoms with Crippen molar-refractivity contribution in [1.82, 2.24) is 0 Å². The van der Waals surface area contributed by atoms with Gasteiger partial charge >= 0.3 is 5.97 Å². The van der Waals surface area contributed by atoms with E-state index in [1.807, 2.05) is 0 Å². The average Bonchev–Trinajstić information content (AvgIpc) is 2.75. The molecule has 0 unspecified atom stereocenters. The second-order valence-corrected chi connectivity index (χ2v) is 4.40. The van der Waals surface area contributed by atoms with Crippen LogP contribution in [0.5, 0.6) is 0 Å². The quantitative estimate of drug-likeness (QED) is 0.847. The van der Waals surface area contributed by atoms with Crippen LogP contribution >= 0.6 is 11.8 Å². The number of halogens is 1. The smallest absolute Gasteiger partial charge is 0.338 e. The molecule has 0 aliphatic carbocycles. The fraction of sp³-hybridized carbons (Fsp3) is 0.0833. The van der Waals surface area contributed by atoms with Crippen molar-refractivity contribution >= 4 is 17.7 Å². The van der Waals surface area contributed by atoms with Crippen molar-refractivity contribution in [3.8, 4) is 0 Å². The maximum absolute atomic E-state index is 12.9. The van der Waals surface area contributed by atoms with Gasteiger partial charge in [0.15, 0.2) is 0 Å². The summed E-state index contributed by atoms with van der Waals surface area (Å²) in [5, 5.41) is 8.70. The Labute approximate surface area is 101 Å². The number of carboxylic acid groups (broad SMARTS) is 1. The largest absolute Gasteiger partial charge is 0.478 e. The summed E-state index contributed by atoms with van der Waals surface area (Å²) in [5.74, 6) is -0.287. The van der Waals surface area contributed by atoms with E-state index in [0.29, 0.717) is 11.5 Å². The highest BCUT2D eigenvalue weighted by Crippen LogP contribution is 2.24. The highest BCUT2D eigenvalue weighted by molar-refractivity contribution is 7.98. The normalized spacial score (nSPS) is 10.4. The van der Waals surface area contributed by atoms with Crippen LogP contribution in [0.2, 0.25) is 0 Å². The van der Waals surface area contributed by atoms with Crippen LogP contribution in [0.1, 0.15) is 16.1 Å². The second-order valence-electron chi connectivity index (χ2n) is 3.35. The first-order valence-electron chi connectivity index (χ1n) is 4.84. The third-order valence-electron chi connectivity index (χ3n) is 2.08. The number of rotatable bonds is 4. The molecule has 17 heavy (non-hydrogen) atoms. The summed E-state index contributed by atoms with van der Waals surface area (Å²) in [6.45, 7) is 0. The van der Waals surface area contributed by atoms with E-state index < -0.39 is 5.97 Å². The molecule has 1 heterocycles. The molecule has 0 amide bonds. The van der Waals surface area contributed by atoms with Gasteiger partial charge in [-0.1, -0.05) is 6.07 Å². The minimum absolute atomic E-state index is 0.125. The SMILES string of the molecule is O=C(O)c1coc(CSc2cccc(F)c2)c1. The van der Waals surface area contributed by atoms with Gasteiger partial charge in [-0.2, -0.15) is 0 Å². The van der Waals surface area contributed by atoms with Gasteiger partial charge in [0.2, 0.25) is 0 Å². The summed E-state index contributed by atoms with van der Waals surface area (Å²) >= 11 is 1.39. The Morgan fingerprint density at radius 1 is 1.41 bits per heavy atom. The standard InChI is InChI=1S/C12H9FO3S/c13-9-2-1-3-11(5-9)17-7-10-4-8(6-16-10)12(14)15/h1-6H,7H2,(H,14,15). The molecular formula is C12H9FO3S. The zero-order chi connectivity index (χ0) is 12.3. The van der Waals surface area contributed by atoms with E-state index in [1.165, 1.54) is 36.2 Å². The van der Waals surface area contributed by atoms with Gasteiger partial charge in [0.1, 0.15) is 17.8 Å². The third kappa shape index (κ3) is 3.10. The topological polar surface area (TPSA) is 50.4 Å². The molecule has 0 atom stereocenters. The first-order valence-corrected chi connectivity index (χ1v) is 5.83. The zero-order valence-electron chi connectivity index (χ0n) is 8.72. The summed E-state index contributed by atoms with van der Waals surface area (Å²) in [6.07, 6.45) is 1.20. The number of benzene rings is 1. The molecule has 5 heteroatoms. The van der Waals surface area contributed by atoms with Crippen LogP contribution in [0.25, 0.3) is 0 Å². The number of carboxylic acids is 1. The molecule has 0 bridgehead atoms. The minimum atomic E-state index is -1.02. The van der Waals surface area contributed by atoms with Gasteiger partial charge in [0, 0.05) is 4.90 Å². The number of hydrogen-bond donors (Lipinski definition) is 1. The Hall–Kier alpha value is -1.75. The fourth-order valence-electron chi connectivity index (χ4n) is 1.28. The maximum atomic E-state index is 12.9. The van der Waals surface area contributed by atoms with E-state index in [4.69, 9.17) is 9.52 Å². The summed E-state index contributed by atoms with van der Waals surface area (Å²) in [6, 6.07) is 7.68. The predicted molar refractivity (Wildman–Crippen MR) is 61.6 cm³/mol. The van der Waals surface area contributed by atoms with Crippen molar-refractivity contribution < 1.29 is 18.7 Å². The molecule has 1 aromatic heterocycles. The van der Waals surface area contributed by atoms with Gasteiger partial charge in [-0.15, -0.1) is 11.8 Å². The van der Waals surface area contributed by atoms with Crippen LogP contribution in [0.15, 0.2) is 45.9 Å². The molecule has 0 fully saturated rings. The third-order valence-corrected chi connectivity index (χ3v) is 3.09. The molecule has 2 rings (SSSR count). The average molecular weight is 252 g/mol. The van der Waals surface area contributed by atoms with Gasteiger partial charge in [-0.05, 0) is 24.3 Å². The van der Waals surface area contributed by atoms with Crippen molar-refractivity contribution in [3.63, 3.8) is 0 Å². The molecule has 0 saturated carbocycles. The molecule has 0 aliphatic heterocycles. The summed E-state index contributed by atoms with van der Waals surface area (Å²) in [7, 11) is 0. The van der Waals surface area contributed by atoms with Gasteiger partial charge in [-0.3, -0.25) is 0 Å². The molecule has 0 aliphatic rings. The summed E-state index contributed by atoms with van der Waals surface area (Å²) in [4.78, 5) is 11.4. The summed E-state index contributed by atoms with van der Waals surface area (Å²) < 4.78 is 18.0. The van der Waals surface area contributed by atoms with Crippen LogP contribution < -0.4 is 0 Å². The molecule has 0 saturated heterocycles. The number of thioether (sulfide) groups is 1. The number of furan rings is 1.